The summed E-state index contributed by atoms with van der Waals surface area (Å²) in [6.45, 7) is 0.492. The molecule has 2 rings (SSSR count). The van der Waals surface area contributed by atoms with Crippen LogP contribution in [0.1, 0.15) is 5.82 Å². The molecule has 0 fully saturated rings. The van der Waals surface area contributed by atoms with Gasteiger partial charge in [0.1, 0.15) is 17.8 Å². The van der Waals surface area contributed by atoms with Crippen molar-refractivity contribution in [1.82, 2.24) is 20.1 Å². The Bertz CT molecular complexity index is 537. The molecule has 17 heavy (non-hydrogen) atoms. The minimum absolute atomic E-state index is 0.00959. The summed E-state index contributed by atoms with van der Waals surface area (Å²) in [7, 11) is 1.78. The molecule has 0 atom stereocenters. The number of benzene rings is 1. The largest absolute Gasteiger partial charge is 0.313 e. The van der Waals surface area contributed by atoms with Gasteiger partial charge in [-0.25, -0.2) is 9.67 Å². The Morgan fingerprint density at radius 1 is 1.47 bits per heavy atom. The Morgan fingerprint density at radius 3 is 2.94 bits per heavy atom. The molecule has 0 bridgehead atoms. The van der Waals surface area contributed by atoms with Crippen LogP contribution < -0.4 is 5.32 Å². The molecule has 1 heterocycles. The molecule has 0 radical (unpaired) electrons. The van der Waals surface area contributed by atoms with Crippen LogP contribution in [0.2, 0.25) is 0 Å². The van der Waals surface area contributed by atoms with Gasteiger partial charge in [-0.15, -0.1) is 0 Å². The second-order valence-corrected chi connectivity index (χ2v) is 3.36. The van der Waals surface area contributed by atoms with Crippen molar-refractivity contribution >= 4 is 5.69 Å². The average molecular weight is 233 g/mol. The van der Waals surface area contributed by atoms with Gasteiger partial charge < -0.3 is 5.32 Å². The van der Waals surface area contributed by atoms with Gasteiger partial charge in [0, 0.05) is 6.07 Å². The molecular formula is C10H11N5O2. The molecule has 1 aromatic heterocycles. The topological polar surface area (TPSA) is 85.9 Å². The average Bonchev–Trinajstić information content (AvgIpc) is 2.77. The van der Waals surface area contributed by atoms with Crippen molar-refractivity contribution in [3.8, 4) is 5.69 Å². The van der Waals surface area contributed by atoms with E-state index in [-0.39, 0.29) is 5.69 Å². The third-order valence-corrected chi connectivity index (χ3v) is 2.26. The van der Waals surface area contributed by atoms with Crippen LogP contribution in [0.25, 0.3) is 5.69 Å². The fourth-order valence-electron chi connectivity index (χ4n) is 1.54. The van der Waals surface area contributed by atoms with Gasteiger partial charge in [-0.05, 0) is 13.1 Å². The SMILES string of the molecule is CNCc1ncnn1-c1ccccc1[N+](=O)[O-]. The highest BCUT2D eigenvalue weighted by Crippen LogP contribution is 2.21. The molecule has 7 nitrogen and oxygen atoms in total. The minimum atomic E-state index is -0.430. The van der Waals surface area contributed by atoms with Crippen LogP contribution in [0.4, 0.5) is 5.69 Å². The number of nitro benzene ring substituents is 1. The maximum atomic E-state index is 10.9. The van der Waals surface area contributed by atoms with Gasteiger partial charge >= 0.3 is 0 Å². The van der Waals surface area contributed by atoms with Crippen molar-refractivity contribution in [2.75, 3.05) is 7.05 Å². The third-order valence-electron chi connectivity index (χ3n) is 2.26. The first-order valence-electron chi connectivity index (χ1n) is 5.01. The van der Waals surface area contributed by atoms with Crippen molar-refractivity contribution in [3.05, 3.63) is 46.5 Å². The molecule has 2 aromatic rings. The molecule has 0 saturated heterocycles. The van der Waals surface area contributed by atoms with Crippen LogP contribution in [0, 0.1) is 10.1 Å². The lowest BCUT2D eigenvalue weighted by molar-refractivity contribution is -0.384. The van der Waals surface area contributed by atoms with E-state index in [1.54, 1.807) is 25.2 Å². The van der Waals surface area contributed by atoms with Crippen molar-refractivity contribution in [2.45, 2.75) is 6.54 Å². The zero-order valence-corrected chi connectivity index (χ0v) is 9.20. The lowest BCUT2D eigenvalue weighted by Crippen LogP contribution is -2.13. The van der Waals surface area contributed by atoms with E-state index in [4.69, 9.17) is 0 Å². The summed E-state index contributed by atoms with van der Waals surface area (Å²) >= 11 is 0. The van der Waals surface area contributed by atoms with Crippen molar-refractivity contribution in [1.29, 1.82) is 0 Å². The number of rotatable bonds is 4. The number of nitrogens with one attached hydrogen (secondary N) is 1. The zero-order chi connectivity index (χ0) is 12.3. The summed E-state index contributed by atoms with van der Waals surface area (Å²) in [4.78, 5) is 14.5. The number of aromatic nitrogens is 3. The summed E-state index contributed by atoms with van der Waals surface area (Å²) < 4.78 is 1.47. The molecule has 0 amide bonds. The standard InChI is InChI=1S/C10H11N5O2/c1-11-6-10-12-7-13-14(10)8-4-2-3-5-9(8)15(16)17/h2-5,7,11H,6H2,1H3. The number of hydrogen-bond donors (Lipinski definition) is 1. The van der Waals surface area contributed by atoms with Crippen molar-refractivity contribution < 1.29 is 4.92 Å². The molecule has 0 saturated carbocycles. The van der Waals surface area contributed by atoms with Gasteiger partial charge in [0.05, 0.1) is 11.5 Å². The van der Waals surface area contributed by atoms with Crippen LogP contribution in [-0.2, 0) is 6.54 Å². The highest BCUT2D eigenvalue weighted by molar-refractivity contribution is 5.51. The molecule has 0 aliphatic rings. The molecule has 7 heteroatoms. The summed E-state index contributed by atoms with van der Waals surface area (Å²) in [5, 5.41) is 17.9. The zero-order valence-electron chi connectivity index (χ0n) is 9.20. The normalized spacial score (nSPS) is 10.4. The van der Waals surface area contributed by atoms with Crippen molar-refractivity contribution in [3.63, 3.8) is 0 Å². The van der Waals surface area contributed by atoms with Gasteiger partial charge in [-0.1, -0.05) is 12.1 Å². The summed E-state index contributed by atoms with van der Waals surface area (Å²) in [5.41, 5.74) is 0.426. The number of para-hydroxylation sites is 2. The monoisotopic (exact) mass is 233 g/mol. The second-order valence-electron chi connectivity index (χ2n) is 3.36. The van der Waals surface area contributed by atoms with Crippen LogP contribution in [0.5, 0.6) is 0 Å². The van der Waals surface area contributed by atoms with E-state index in [9.17, 15) is 10.1 Å². The van der Waals surface area contributed by atoms with E-state index >= 15 is 0 Å². The second kappa shape index (κ2) is 4.71. The molecule has 0 aliphatic carbocycles. The highest BCUT2D eigenvalue weighted by Gasteiger charge is 2.17. The van der Waals surface area contributed by atoms with Crippen LogP contribution in [0.3, 0.4) is 0 Å². The Labute approximate surface area is 97.2 Å². The first kappa shape index (κ1) is 11.2. The molecule has 0 unspecified atom stereocenters. The highest BCUT2D eigenvalue weighted by atomic mass is 16.6. The number of nitrogens with zero attached hydrogens (tertiary/aromatic N) is 4. The van der Waals surface area contributed by atoms with Crippen LogP contribution in [-0.4, -0.2) is 26.7 Å². The lowest BCUT2D eigenvalue weighted by Gasteiger charge is -2.05. The smallest absolute Gasteiger partial charge is 0.294 e. The minimum Gasteiger partial charge on any atom is -0.313 e. The quantitative estimate of drug-likeness (QED) is 0.626. The number of hydrogen-bond acceptors (Lipinski definition) is 5. The van der Waals surface area contributed by atoms with E-state index in [0.29, 0.717) is 18.1 Å². The fraction of sp³-hybridized carbons (Fsp3) is 0.200. The van der Waals surface area contributed by atoms with Crippen LogP contribution in [0.15, 0.2) is 30.6 Å². The van der Waals surface area contributed by atoms with Crippen LogP contribution >= 0.6 is 0 Å². The fourth-order valence-corrected chi connectivity index (χ4v) is 1.54. The Balaban J connectivity index is 2.52. The predicted molar refractivity (Wildman–Crippen MR) is 60.8 cm³/mol. The first-order valence-corrected chi connectivity index (χ1v) is 5.01. The molecule has 0 aliphatic heterocycles. The third kappa shape index (κ3) is 2.13. The summed E-state index contributed by atoms with van der Waals surface area (Å²) in [6.07, 6.45) is 1.38. The first-order chi connectivity index (χ1) is 8.24. The molecule has 0 spiro atoms. The van der Waals surface area contributed by atoms with Crippen molar-refractivity contribution in [2.24, 2.45) is 0 Å². The molecular weight excluding hydrogens is 222 g/mol. The van der Waals surface area contributed by atoms with E-state index in [2.05, 4.69) is 15.4 Å². The maximum Gasteiger partial charge on any atom is 0.294 e. The molecule has 1 aromatic carbocycles. The van der Waals surface area contributed by atoms with E-state index in [0.717, 1.165) is 0 Å². The molecule has 1 N–H and O–H groups in total. The Hall–Kier alpha value is -2.28. The lowest BCUT2D eigenvalue weighted by atomic mass is 10.2. The summed E-state index contributed by atoms with van der Waals surface area (Å²) in [6, 6.07) is 6.44. The van der Waals surface area contributed by atoms with E-state index < -0.39 is 4.92 Å². The Kier molecular flexibility index (Phi) is 3.10. The Morgan fingerprint density at radius 2 is 2.24 bits per heavy atom. The van der Waals surface area contributed by atoms with Gasteiger partial charge in [0.15, 0.2) is 0 Å². The predicted octanol–water partition coefficient (Wildman–Crippen LogP) is 0.895. The van der Waals surface area contributed by atoms with Gasteiger partial charge in [0.2, 0.25) is 0 Å². The summed E-state index contributed by atoms with van der Waals surface area (Å²) in [5.74, 6) is 0.627. The van der Waals surface area contributed by atoms with Gasteiger partial charge in [0.25, 0.3) is 5.69 Å². The molecule has 88 valence electrons. The van der Waals surface area contributed by atoms with E-state index in [1.165, 1.54) is 17.1 Å². The van der Waals surface area contributed by atoms with E-state index in [1.807, 2.05) is 0 Å². The maximum absolute atomic E-state index is 10.9. The number of nitro groups is 1. The van der Waals surface area contributed by atoms with Gasteiger partial charge in [-0.3, -0.25) is 10.1 Å². The van der Waals surface area contributed by atoms with Gasteiger partial charge in [-0.2, -0.15) is 5.10 Å².